The molecule has 0 aliphatic carbocycles. The van der Waals surface area contributed by atoms with Gasteiger partial charge in [0.15, 0.2) is 5.78 Å². The predicted octanol–water partition coefficient (Wildman–Crippen LogP) is 3.33. The van der Waals surface area contributed by atoms with Crippen LogP contribution < -0.4 is 10.6 Å². The highest BCUT2D eigenvalue weighted by atomic mass is 16.3. The number of carbonyl (C=O) groups is 3. The molecule has 0 fully saturated rings. The molecule has 0 bridgehead atoms. The number of amides is 2. The Labute approximate surface area is 149 Å². The normalized spacial score (nSPS) is 10.3. The Hall–Kier alpha value is -3.67. The Morgan fingerprint density at radius 1 is 0.769 bits per heavy atom. The number of anilines is 2. The predicted molar refractivity (Wildman–Crippen MR) is 99.3 cm³/mol. The van der Waals surface area contributed by atoms with Gasteiger partial charge >= 0.3 is 11.8 Å². The van der Waals surface area contributed by atoms with Gasteiger partial charge in [0.25, 0.3) is 0 Å². The summed E-state index contributed by atoms with van der Waals surface area (Å²) >= 11 is 0. The first-order valence-electron chi connectivity index (χ1n) is 7.90. The zero-order valence-electron chi connectivity index (χ0n) is 13.9. The highest BCUT2D eigenvalue weighted by Gasteiger charge is 2.16. The molecule has 0 saturated heterocycles. The molecule has 0 aromatic heterocycles. The van der Waals surface area contributed by atoms with E-state index in [0.717, 1.165) is 0 Å². The molecule has 3 rings (SSSR count). The van der Waals surface area contributed by atoms with Crippen LogP contribution in [0.1, 0.15) is 17.3 Å². The SMILES string of the molecule is CC(=O)c1ccc(NC(=O)C(=O)Nc2cccc3c(O)cccc23)cc1. The number of nitrogens with one attached hydrogen (secondary N) is 2. The summed E-state index contributed by atoms with van der Waals surface area (Å²) in [6, 6.07) is 16.2. The minimum absolute atomic E-state index is 0.0835. The first-order chi connectivity index (χ1) is 12.5. The molecule has 0 atom stereocenters. The van der Waals surface area contributed by atoms with E-state index < -0.39 is 11.8 Å². The van der Waals surface area contributed by atoms with Crippen molar-refractivity contribution in [1.29, 1.82) is 0 Å². The summed E-state index contributed by atoms with van der Waals surface area (Å²) < 4.78 is 0. The van der Waals surface area contributed by atoms with Crippen LogP contribution in [0.25, 0.3) is 10.8 Å². The summed E-state index contributed by atoms with van der Waals surface area (Å²) in [5.74, 6) is -1.66. The molecular weight excluding hydrogens is 332 g/mol. The quantitative estimate of drug-likeness (QED) is 0.500. The number of hydrogen-bond acceptors (Lipinski definition) is 4. The zero-order chi connectivity index (χ0) is 18.7. The third-order valence-corrected chi connectivity index (χ3v) is 3.90. The van der Waals surface area contributed by atoms with Gasteiger partial charge < -0.3 is 15.7 Å². The lowest BCUT2D eigenvalue weighted by Gasteiger charge is -2.10. The molecule has 3 aromatic rings. The Balaban J connectivity index is 1.75. The van der Waals surface area contributed by atoms with E-state index in [1.54, 1.807) is 60.7 Å². The van der Waals surface area contributed by atoms with Crippen LogP contribution in [0.5, 0.6) is 5.75 Å². The molecule has 6 heteroatoms. The second-order valence-electron chi connectivity index (χ2n) is 5.72. The van der Waals surface area contributed by atoms with Crippen LogP contribution >= 0.6 is 0 Å². The number of Topliss-reactive ketones (excluding diaryl/α,β-unsaturated/α-hetero) is 1. The van der Waals surface area contributed by atoms with Gasteiger partial charge in [0.05, 0.1) is 0 Å². The zero-order valence-corrected chi connectivity index (χ0v) is 13.9. The van der Waals surface area contributed by atoms with Gasteiger partial charge in [0.2, 0.25) is 0 Å². The molecule has 0 saturated carbocycles. The molecule has 2 amide bonds. The second-order valence-corrected chi connectivity index (χ2v) is 5.72. The number of rotatable bonds is 3. The van der Waals surface area contributed by atoms with E-state index in [1.807, 2.05) is 0 Å². The molecular formula is C20H16N2O4. The van der Waals surface area contributed by atoms with E-state index in [2.05, 4.69) is 10.6 Å². The van der Waals surface area contributed by atoms with E-state index in [9.17, 15) is 19.5 Å². The Morgan fingerprint density at radius 3 is 2.08 bits per heavy atom. The maximum absolute atomic E-state index is 12.2. The van der Waals surface area contributed by atoms with Crippen molar-refractivity contribution in [2.45, 2.75) is 6.92 Å². The summed E-state index contributed by atoms with van der Waals surface area (Å²) in [4.78, 5) is 35.5. The molecule has 130 valence electrons. The molecule has 0 aliphatic rings. The largest absolute Gasteiger partial charge is 0.507 e. The molecule has 3 N–H and O–H groups in total. The molecule has 0 unspecified atom stereocenters. The van der Waals surface area contributed by atoms with Crippen molar-refractivity contribution in [3.63, 3.8) is 0 Å². The van der Waals surface area contributed by atoms with E-state index >= 15 is 0 Å². The third-order valence-electron chi connectivity index (χ3n) is 3.90. The Bertz CT molecular complexity index is 1010. The number of hydrogen-bond donors (Lipinski definition) is 3. The van der Waals surface area contributed by atoms with Crippen molar-refractivity contribution >= 4 is 39.7 Å². The van der Waals surface area contributed by atoms with Gasteiger partial charge in [-0.2, -0.15) is 0 Å². The van der Waals surface area contributed by atoms with Crippen LogP contribution in [0.2, 0.25) is 0 Å². The third kappa shape index (κ3) is 3.54. The van der Waals surface area contributed by atoms with Crippen LogP contribution in [0.15, 0.2) is 60.7 Å². The van der Waals surface area contributed by atoms with Crippen molar-refractivity contribution in [1.82, 2.24) is 0 Å². The lowest BCUT2D eigenvalue weighted by atomic mass is 10.1. The van der Waals surface area contributed by atoms with Gasteiger partial charge in [0, 0.05) is 27.7 Å². The number of phenols is 1. The van der Waals surface area contributed by atoms with Gasteiger partial charge in [-0.15, -0.1) is 0 Å². The number of benzene rings is 3. The summed E-state index contributed by atoms with van der Waals surface area (Å²) in [5, 5.41) is 16.1. The van der Waals surface area contributed by atoms with Crippen LogP contribution in [0, 0.1) is 0 Å². The molecule has 0 radical (unpaired) electrons. The first kappa shape index (κ1) is 17.2. The van der Waals surface area contributed by atoms with Crippen molar-refractivity contribution in [2.75, 3.05) is 10.6 Å². The summed E-state index contributed by atoms with van der Waals surface area (Å²) in [6.45, 7) is 1.45. The molecule has 0 spiro atoms. The molecule has 0 aliphatic heterocycles. The second kappa shape index (κ2) is 7.06. The fourth-order valence-electron chi connectivity index (χ4n) is 2.56. The van der Waals surface area contributed by atoms with E-state index in [4.69, 9.17) is 0 Å². The smallest absolute Gasteiger partial charge is 0.314 e. The highest BCUT2D eigenvalue weighted by molar-refractivity contribution is 6.44. The van der Waals surface area contributed by atoms with Crippen molar-refractivity contribution in [2.24, 2.45) is 0 Å². The van der Waals surface area contributed by atoms with Crippen LogP contribution in [0.3, 0.4) is 0 Å². The minimum Gasteiger partial charge on any atom is -0.507 e. The van der Waals surface area contributed by atoms with Crippen LogP contribution in [0.4, 0.5) is 11.4 Å². The maximum Gasteiger partial charge on any atom is 0.314 e. The average Bonchev–Trinajstić information content (AvgIpc) is 2.63. The number of fused-ring (bicyclic) bond motifs is 1. The Morgan fingerprint density at radius 2 is 1.38 bits per heavy atom. The van der Waals surface area contributed by atoms with Crippen molar-refractivity contribution < 1.29 is 19.5 Å². The standard InChI is InChI=1S/C20H16N2O4/c1-12(23)13-8-10-14(11-9-13)21-19(25)20(26)22-17-6-2-5-16-15(17)4-3-7-18(16)24/h2-11,24H,1H3,(H,21,25)(H,22,26). The Kier molecular flexibility index (Phi) is 4.66. The lowest BCUT2D eigenvalue weighted by molar-refractivity contribution is -0.132. The maximum atomic E-state index is 12.2. The molecule has 26 heavy (non-hydrogen) atoms. The molecule has 0 heterocycles. The van der Waals surface area contributed by atoms with Gasteiger partial charge in [-0.25, -0.2) is 0 Å². The van der Waals surface area contributed by atoms with Crippen molar-refractivity contribution in [3.8, 4) is 5.75 Å². The van der Waals surface area contributed by atoms with Crippen LogP contribution in [-0.2, 0) is 9.59 Å². The average molecular weight is 348 g/mol. The lowest BCUT2D eigenvalue weighted by Crippen LogP contribution is -2.29. The van der Waals surface area contributed by atoms with Gasteiger partial charge in [-0.1, -0.05) is 24.3 Å². The summed E-state index contributed by atoms with van der Waals surface area (Å²) in [7, 11) is 0. The fraction of sp³-hybridized carbons (Fsp3) is 0.0500. The fourth-order valence-corrected chi connectivity index (χ4v) is 2.56. The van der Waals surface area contributed by atoms with Crippen molar-refractivity contribution in [3.05, 3.63) is 66.2 Å². The first-order valence-corrected chi connectivity index (χ1v) is 7.90. The molecule has 3 aromatic carbocycles. The summed E-state index contributed by atoms with van der Waals surface area (Å²) in [6.07, 6.45) is 0. The van der Waals surface area contributed by atoms with Gasteiger partial charge in [0.1, 0.15) is 5.75 Å². The number of ketones is 1. The highest BCUT2D eigenvalue weighted by Crippen LogP contribution is 2.29. The number of phenolic OH excluding ortho intramolecular Hbond substituents is 1. The summed E-state index contributed by atoms with van der Waals surface area (Å²) in [5.41, 5.74) is 1.35. The topological polar surface area (TPSA) is 95.5 Å². The minimum atomic E-state index is -0.837. The van der Waals surface area contributed by atoms with E-state index in [1.165, 1.54) is 6.92 Å². The van der Waals surface area contributed by atoms with E-state index in [0.29, 0.717) is 27.7 Å². The van der Waals surface area contributed by atoms with Gasteiger partial charge in [-0.05, 0) is 43.3 Å². The monoisotopic (exact) mass is 348 g/mol. The molecule has 6 nitrogen and oxygen atoms in total. The number of aromatic hydroxyl groups is 1. The van der Waals surface area contributed by atoms with Crippen LogP contribution in [-0.4, -0.2) is 22.7 Å². The van der Waals surface area contributed by atoms with E-state index in [-0.39, 0.29) is 11.5 Å². The number of carbonyl (C=O) groups excluding carboxylic acids is 3. The van der Waals surface area contributed by atoms with Gasteiger partial charge in [-0.3, -0.25) is 14.4 Å².